The average molecular weight is 386 g/mol. The topological polar surface area (TPSA) is 66.9 Å². The first-order chi connectivity index (χ1) is 13.2. The summed E-state index contributed by atoms with van der Waals surface area (Å²) in [6.07, 6.45) is -4.40. The maximum atomic E-state index is 12.7. The molecule has 3 rings (SSSR count). The average Bonchev–Trinajstić information content (AvgIpc) is 2.63. The zero-order chi connectivity index (χ0) is 20.3. The fourth-order valence-electron chi connectivity index (χ4n) is 2.51. The van der Waals surface area contributed by atoms with E-state index in [1.807, 2.05) is 25.1 Å². The van der Waals surface area contributed by atoms with Gasteiger partial charge in [-0.25, -0.2) is 9.97 Å². The van der Waals surface area contributed by atoms with Crippen LogP contribution >= 0.6 is 0 Å². The smallest absolute Gasteiger partial charge is 0.324 e. The molecule has 2 aromatic carbocycles. The highest BCUT2D eigenvalue weighted by Gasteiger charge is 2.29. The number of aryl methyl sites for hydroxylation is 2. The first-order valence-corrected chi connectivity index (χ1v) is 8.39. The number of rotatable bonds is 4. The van der Waals surface area contributed by atoms with Crippen LogP contribution in [0.5, 0.6) is 0 Å². The van der Waals surface area contributed by atoms with Crippen molar-refractivity contribution in [3.05, 3.63) is 77.1 Å². The third kappa shape index (κ3) is 4.64. The van der Waals surface area contributed by atoms with E-state index in [1.165, 1.54) is 18.2 Å². The molecule has 0 saturated heterocycles. The number of alkyl halides is 3. The van der Waals surface area contributed by atoms with Gasteiger partial charge in [0.2, 0.25) is 5.95 Å². The van der Waals surface area contributed by atoms with Crippen LogP contribution in [-0.2, 0) is 6.18 Å². The molecule has 5 nitrogen and oxygen atoms in total. The van der Waals surface area contributed by atoms with Gasteiger partial charge in [0.05, 0.1) is 5.56 Å². The number of halogens is 3. The predicted molar refractivity (Wildman–Crippen MR) is 101 cm³/mol. The molecule has 0 fully saturated rings. The standard InChI is InChI=1S/C20H17F3N4O/c1-12-5-3-4-6-16(12)26-18(28)17-11-13(2)24-19(27-17)25-15-9-7-14(8-10-15)20(21,22)23/h3-11H,1-2H3,(H,26,28)(H,24,25,27). The van der Waals surface area contributed by atoms with Gasteiger partial charge in [-0.05, 0) is 55.8 Å². The lowest BCUT2D eigenvalue weighted by atomic mass is 10.2. The Morgan fingerprint density at radius 1 is 0.964 bits per heavy atom. The first-order valence-electron chi connectivity index (χ1n) is 8.39. The Bertz CT molecular complexity index is 1000. The number of benzene rings is 2. The number of aromatic nitrogens is 2. The molecule has 0 bridgehead atoms. The van der Waals surface area contributed by atoms with Gasteiger partial charge in [0.1, 0.15) is 5.69 Å². The van der Waals surface area contributed by atoms with Crippen molar-refractivity contribution in [3.63, 3.8) is 0 Å². The van der Waals surface area contributed by atoms with Crippen molar-refractivity contribution in [2.24, 2.45) is 0 Å². The van der Waals surface area contributed by atoms with Crippen molar-refractivity contribution in [2.75, 3.05) is 10.6 Å². The van der Waals surface area contributed by atoms with Crippen molar-refractivity contribution in [3.8, 4) is 0 Å². The number of anilines is 3. The van der Waals surface area contributed by atoms with E-state index in [-0.39, 0.29) is 11.6 Å². The molecule has 3 aromatic rings. The molecular weight excluding hydrogens is 369 g/mol. The van der Waals surface area contributed by atoms with Crippen LogP contribution in [0.3, 0.4) is 0 Å². The third-order valence-electron chi connectivity index (χ3n) is 3.95. The lowest BCUT2D eigenvalue weighted by Crippen LogP contribution is -2.16. The van der Waals surface area contributed by atoms with E-state index in [2.05, 4.69) is 20.6 Å². The molecule has 8 heteroatoms. The largest absolute Gasteiger partial charge is 0.416 e. The van der Waals surface area contributed by atoms with Crippen LogP contribution in [0, 0.1) is 13.8 Å². The molecule has 2 N–H and O–H groups in total. The fraction of sp³-hybridized carbons (Fsp3) is 0.150. The maximum Gasteiger partial charge on any atom is 0.416 e. The van der Waals surface area contributed by atoms with Crippen molar-refractivity contribution < 1.29 is 18.0 Å². The quantitative estimate of drug-likeness (QED) is 0.654. The molecule has 0 aliphatic carbocycles. The number of nitrogens with one attached hydrogen (secondary N) is 2. The number of nitrogens with zero attached hydrogens (tertiary/aromatic N) is 2. The van der Waals surface area contributed by atoms with E-state index >= 15 is 0 Å². The fourth-order valence-corrected chi connectivity index (χ4v) is 2.51. The Balaban J connectivity index is 1.79. The van der Waals surface area contributed by atoms with Gasteiger partial charge in [-0.2, -0.15) is 13.2 Å². The predicted octanol–water partition coefficient (Wildman–Crippen LogP) is 5.11. The number of hydrogen-bond donors (Lipinski definition) is 2. The summed E-state index contributed by atoms with van der Waals surface area (Å²) in [6, 6.07) is 13.3. The number of amides is 1. The van der Waals surface area contributed by atoms with Gasteiger partial charge in [-0.1, -0.05) is 18.2 Å². The van der Waals surface area contributed by atoms with E-state index in [0.717, 1.165) is 17.7 Å². The van der Waals surface area contributed by atoms with Crippen LogP contribution in [0.4, 0.5) is 30.5 Å². The van der Waals surface area contributed by atoms with Gasteiger partial charge in [0.15, 0.2) is 0 Å². The molecule has 0 radical (unpaired) electrons. The normalized spacial score (nSPS) is 11.2. The lowest BCUT2D eigenvalue weighted by molar-refractivity contribution is -0.137. The van der Waals surface area contributed by atoms with Crippen molar-refractivity contribution >= 4 is 23.2 Å². The minimum atomic E-state index is -4.40. The van der Waals surface area contributed by atoms with Crippen LogP contribution in [-0.4, -0.2) is 15.9 Å². The lowest BCUT2D eigenvalue weighted by Gasteiger charge is -2.11. The highest BCUT2D eigenvalue weighted by Crippen LogP contribution is 2.30. The zero-order valence-electron chi connectivity index (χ0n) is 15.1. The monoisotopic (exact) mass is 386 g/mol. The maximum absolute atomic E-state index is 12.7. The summed E-state index contributed by atoms with van der Waals surface area (Å²) in [5.41, 5.74) is 1.89. The number of carbonyl (C=O) groups excluding carboxylic acids is 1. The second kappa shape index (κ2) is 7.67. The summed E-state index contributed by atoms with van der Waals surface area (Å²) in [5.74, 6) is -0.287. The van der Waals surface area contributed by atoms with E-state index in [0.29, 0.717) is 17.1 Å². The molecule has 0 spiro atoms. The first kappa shape index (κ1) is 19.3. The summed E-state index contributed by atoms with van der Waals surface area (Å²) in [6.45, 7) is 3.57. The van der Waals surface area contributed by atoms with E-state index in [9.17, 15) is 18.0 Å². The van der Waals surface area contributed by atoms with Crippen LogP contribution < -0.4 is 10.6 Å². The minimum Gasteiger partial charge on any atom is -0.324 e. The molecular formula is C20H17F3N4O. The number of para-hydroxylation sites is 1. The Kier molecular flexibility index (Phi) is 5.30. The van der Waals surface area contributed by atoms with Crippen molar-refractivity contribution in [1.29, 1.82) is 0 Å². The molecule has 0 atom stereocenters. The Morgan fingerprint density at radius 3 is 2.29 bits per heavy atom. The highest BCUT2D eigenvalue weighted by molar-refractivity contribution is 6.03. The molecule has 1 heterocycles. The van der Waals surface area contributed by atoms with E-state index < -0.39 is 17.6 Å². The summed E-state index contributed by atoms with van der Waals surface area (Å²) in [7, 11) is 0. The third-order valence-corrected chi connectivity index (χ3v) is 3.95. The highest BCUT2D eigenvalue weighted by atomic mass is 19.4. The SMILES string of the molecule is Cc1cc(C(=O)Nc2ccccc2C)nc(Nc2ccc(C(F)(F)F)cc2)n1. The van der Waals surface area contributed by atoms with Crippen LogP contribution in [0.2, 0.25) is 0 Å². The Hall–Kier alpha value is -3.42. The van der Waals surface area contributed by atoms with Gasteiger partial charge < -0.3 is 10.6 Å². The van der Waals surface area contributed by atoms with Crippen LogP contribution in [0.1, 0.15) is 27.3 Å². The van der Waals surface area contributed by atoms with Crippen LogP contribution in [0.25, 0.3) is 0 Å². The Morgan fingerprint density at radius 2 is 1.64 bits per heavy atom. The summed E-state index contributed by atoms with van der Waals surface area (Å²) in [4.78, 5) is 20.9. The molecule has 0 unspecified atom stereocenters. The second-order valence-corrected chi connectivity index (χ2v) is 6.19. The van der Waals surface area contributed by atoms with Gasteiger partial charge >= 0.3 is 6.18 Å². The molecule has 144 valence electrons. The number of hydrogen-bond acceptors (Lipinski definition) is 4. The van der Waals surface area contributed by atoms with Crippen molar-refractivity contribution in [1.82, 2.24) is 9.97 Å². The van der Waals surface area contributed by atoms with Gasteiger partial charge in [-0.3, -0.25) is 4.79 Å². The van der Waals surface area contributed by atoms with Gasteiger partial charge in [0, 0.05) is 17.1 Å². The summed E-state index contributed by atoms with van der Waals surface area (Å²) in [5, 5.41) is 5.61. The summed E-state index contributed by atoms with van der Waals surface area (Å²) < 4.78 is 38.0. The molecule has 1 aromatic heterocycles. The molecule has 0 aliphatic rings. The van der Waals surface area contributed by atoms with E-state index in [4.69, 9.17) is 0 Å². The molecule has 1 amide bonds. The summed E-state index contributed by atoms with van der Waals surface area (Å²) >= 11 is 0. The zero-order valence-corrected chi connectivity index (χ0v) is 15.1. The van der Waals surface area contributed by atoms with E-state index in [1.54, 1.807) is 13.0 Å². The second-order valence-electron chi connectivity index (χ2n) is 6.19. The molecule has 0 aliphatic heterocycles. The molecule has 0 saturated carbocycles. The molecule has 28 heavy (non-hydrogen) atoms. The van der Waals surface area contributed by atoms with Gasteiger partial charge in [0.25, 0.3) is 5.91 Å². The van der Waals surface area contributed by atoms with Crippen molar-refractivity contribution in [2.45, 2.75) is 20.0 Å². The Labute approximate surface area is 159 Å². The number of carbonyl (C=O) groups is 1. The van der Waals surface area contributed by atoms with Gasteiger partial charge in [-0.15, -0.1) is 0 Å². The minimum absolute atomic E-state index is 0.120. The van der Waals surface area contributed by atoms with Crippen LogP contribution in [0.15, 0.2) is 54.6 Å².